The first-order chi connectivity index (χ1) is 9.61. The zero-order valence-corrected chi connectivity index (χ0v) is 12.8. The van der Waals surface area contributed by atoms with Crippen molar-refractivity contribution in [1.82, 2.24) is 9.97 Å². The number of halogens is 1. The zero-order chi connectivity index (χ0) is 14.5. The number of hydrogen-bond acceptors (Lipinski definition) is 4. The first-order valence-corrected chi connectivity index (χ1v) is 7.03. The van der Waals surface area contributed by atoms with Crippen LogP contribution in [0.25, 0.3) is 0 Å². The topological polar surface area (TPSA) is 41.1 Å². The molecule has 0 aliphatic rings. The first-order valence-electron chi connectivity index (χ1n) is 6.65. The molecular weight excluding hydrogens is 272 g/mol. The van der Waals surface area contributed by atoms with Crippen molar-refractivity contribution in [3.05, 3.63) is 41.3 Å². The van der Waals surface area contributed by atoms with E-state index in [1.807, 2.05) is 26.2 Å². The van der Waals surface area contributed by atoms with Gasteiger partial charge in [-0.05, 0) is 24.6 Å². The van der Waals surface area contributed by atoms with Gasteiger partial charge < -0.3 is 10.2 Å². The third kappa shape index (κ3) is 3.39. The van der Waals surface area contributed by atoms with Gasteiger partial charge in [-0.3, -0.25) is 0 Å². The van der Waals surface area contributed by atoms with Crippen LogP contribution in [0.1, 0.15) is 18.9 Å². The number of nitrogens with one attached hydrogen (secondary N) is 1. The van der Waals surface area contributed by atoms with Gasteiger partial charge in [0.1, 0.15) is 17.3 Å². The molecule has 2 rings (SSSR count). The number of anilines is 3. The summed E-state index contributed by atoms with van der Waals surface area (Å²) in [5, 5.41) is 3.85. The Bertz CT molecular complexity index is 584. The van der Waals surface area contributed by atoms with Gasteiger partial charge in [-0.25, -0.2) is 9.97 Å². The molecule has 0 spiro atoms. The molecule has 0 atom stereocenters. The van der Waals surface area contributed by atoms with E-state index in [1.54, 1.807) is 0 Å². The predicted molar refractivity (Wildman–Crippen MR) is 85.1 cm³/mol. The second-order valence-corrected chi connectivity index (χ2v) is 5.17. The fraction of sp³-hybridized carbons (Fsp3) is 0.333. The summed E-state index contributed by atoms with van der Waals surface area (Å²) in [6, 6.07) is 8.16. The average molecular weight is 291 g/mol. The molecule has 1 aromatic carbocycles. The third-order valence-corrected chi connectivity index (χ3v) is 3.34. The van der Waals surface area contributed by atoms with Crippen molar-refractivity contribution in [3.63, 3.8) is 0 Å². The van der Waals surface area contributed by atoms with Crippen LogP contribution >= 0.6 is 11.6 Å². The van der Waals surface area contributed by atoms with Gasteiger partial charge in [-0.2, -0.15) is 0 Å². The minimum atomic E-state index is 0.521. The Morgan fingerprint density at radius 2 is 2.05 bits per heavy atom. The summed E-state index contributed by atoms with van der Waals surface area (Å²) < 4.78 is 0. The van der Waals surface area contributed by atoms with Crippen LogP contribution in [0.3, 0.4) is 0 Å². The van der Waals surface area contributed by atoms with E-state index in [4.69, 9.17) is 11.6 Å². The van der Waals surface area contributed by atoms with E-state index in [2.05, 4.69) is 39.2 Å². The van der Waals surface area contributed by atoms with Crippen molar-refractivity contribution in [2.75, 3.05) is 24.3 Å². The van der Waals surface area contributed by atoms with Crippen LogP contribution < -0.4 is 10.2 Å². The van der Waals surface area contributed by atoms with Crippen molar-refractivity contribution >= 4 is 28.8 Å². The molecule has 0 radical (unpaired) electrons. The Labute approximate surface area is 124 Å². The second-order valence-electron chi connectivity index (χ2n) is 4.81. The summed E-state index contributed by atoms with van der Waals surface area (Å²) in [4.78, 5) is 10.4. The van der Waals surface area contributed by atoms with Crippen LogP contribution in [0.2, 0.25) is 5.15 Å². The van der Waals surface area contributed by atoms with Crippen LogP contribution in [0, 0.1) is 0 Å². The molecule has 106 valence electrons. The van der Waals surface area contributed by atoms with Gasteiger partial charge in [-0.15, -0.1) is 0 Å². The van der Waals surface area contributed by atoms with E-state index in [-0.39, 0.29) is 0 Å². The highest BCUT2D eigenvalue weighted by molar-refractivity contribution is 6.30. The molecule has 0 fully saturated rings. The van der Waals surface area contributed by atoms with Crippen molar-refractivity contribution in [3.8, 4) is 0 Å². The van der Waals surface area contributed by atoms with Crippen molar-refractivity contribution in [1.29, 1.82) is 0 Å². The first kappa shape index (κ1) is 14.6. The smallest absolute Gasteiger partial charge is 0.138 e. The van der Waals surface area contributed by atoms with Crippen LogP contribution in [0.15, 0.2) is 30.6 Å². The Morgan fingerprint density at radius 3 is 2.75 bits per heavy atom. The van der Waals surface area contributed by atoms with Gasteiger partial charge in [0, 0.05) is 31.0 Å². The van der Waals surface area contributed by atoms with Crippen molar-refractivity contribution in [2.24, 2.45) is 0 Å². The fourth-order valence-corrected chi connectivity index (χ4v) is 2.20. The molecule has 0 amide bonds. The second kappa shape index (κ2) is 6.57. The van der Waals surface area contributed by atoms with Crippen LogP contribution in [0.4, 0.5) is 17.2 Å². The molecule has 1 N–H and O–H groups in total. The molecule has 20 heavy (non-hydrogen) atoms. The van der Waals surface area contributed by atoms with Crippen LogP contribution in [-0.2, 0) is 6.42 Å². The summed E-state index contributed by atoms with van der Waals surface area (Å²) in [7, 11) is 4.03. The maximum Gasteiger partial charge on any atom is 0.138 e. The molecule has 1 heterocycles. The number of aromatic nitrogens is 2. The van der Waals surface area contributed by atoms with Gasteiger partial charge in [-0.1, -0.05) is 31.0 Å². The van der Waals surface area contributed by atoms with E-state index in [0.29, 0.717) is 5.15 Å². The number of hydrogen-bond donors (Lipinski definition) is 1. The lowest BCUT2D eigenvalue weighted by Gasteiger charge is -2.15. The van der Waals surface area contributed by atoms with Gasteiger partial charge in [0.25, 0.3) is 0 Å². The van der Waals surface area contributed by atoms with E-state index in [0.717, 1.165) is 35.6 Å². The molecule has 0 unspecified atom stereocenters. The highest BCUT2D eigenvalue weighted by Gasteiger charge is 2.09. The standard InChI is InChI=1S/C15H19ClN4/c1-4-6-13-14(16)17-10-18-15(13)19-11-7-5-8-12(9-11)20(2)3/h5,7-10H,4,6H2,1-3H3,(H,17,18,19). The molecule has 0 aliphatic carbocycles. The average Bonchev–Trinajstić information content (AvgIpc) is 2.43. The third-order valence-electron chi connectivity index (χ3n) is 3.02. The zero-order valence-electron chi connectivity index (χ0n) is 12.0. The van der Waals surface area contributed by atoms with Gasteiger partial charge >= 0.3 is 0 Å². The normalized spacial score (nSPS) is 10.4. The molecule has 0 aliphatic heterocycles. The minimum absolute atomic E-state index is 0.521. The largest absolute Gasteiger partial charge is 0.378 e. The van der Waals surface area contributed by atoms with E-state index >= 15 is 0 Å². The quantitative estimate of drug-likeness (QED) is 0.848. The lowest BCUT2D eigenvalue weighted by molar-refractivity contribution is 0.904. The van der Waals surface area contributed by atoms with E-state index in [9.17, 15) is 0 Å². The minimum Gasteiger partial charge on any atom is -0.378 e. The highest BCUT2D eigenvalue weighted by atomic mass is 35.5. The monoisotopic (exact) mass is 290 g/mol. The number of benzene rings is 1. The van der Waals surface area contributed by atoms with Crippen LogP contribution in [-0.4, -0.2) is 24.1 Å². The van der Waals surface area contributed by atoms with Gasteiger partial charge in [0.2, 0.25) is 0 Å². The summed E-state index contributed by atoms with van der Waals surface area (Å²) in [6.07, 6.45) is 3.34. The Hall–Kier alpha value is -1.81. The van der Waals surface area contributed by atoms with Crippen LogP contribution in [0.5, 0.6) is 0 Å². The highest BCUT2D eigenvalue weighted by Crippen LogP contribution is 2.26. The van der Waals surface area contributed by atoms with Crippen molar-refractivity contribution < 1.29 is 0 Å². The summed E-state index contributed by atoms with van der Waals surface area (Å²) in [6.45, 7) is 2.11. The molecule has 1 aromatic heterocycles. The van der Waals surface area contributed by atoms with E-state index in [1.165, 1.54) is 6.33 Å². The van der Waals surface area contributed by atoms with Gasteiger partial charge in [0.15, 0.2) is 0 Å². The number of rotatable bonds is 5. The molecule has 4 nitrogen and oxygen atoms in total. The Balaban J connectivity index is 2.30. The maximum absolute atomic E-state index is 6.16. The summed E-state index contributed by atoms with van der Waals surface area (Å²) >= 11 is 6.16. The molecule has 0 saturated carbocycles. The molecule has 2 aromatic rings. The fourth-order valence-electron chi connectivity index (χ4n) is 1.97. The van der Waals surface area contributed by atoms with Gasteiger partial charge in [0.05, 0.1) is 0 Å². The lowest BCUT2D eigenvalue weighted by Crippen LogP contribution is -2.09. The number of nitrogens with zero attached hydrogens (tertiary/aromatic N) is 3. The lowest BCUT2D eigenvalue weighted by atomic mass is 10.2. The van der Waals surface area contributed by atoms with E-state index < -0.39 is 0 Å². The van der Waals surface area contributed by atoms with Crippen molar-refractivity contribution in [2.45, 2.75) is 19.8 Å². The molecule has 0 saturated heterocycles. The SMILES string of the molecule is CCCc1c(Cl)ncnc1Nc1cccc(N(C)C)c1. The molecule has 0 bridgehead atoms. The molecular formula is C15H19ClN4. The summed E-state index contributed by atoms with van der Waals surface area (Å²) in [5.74, 6) is 0.780. The Kier molecular flexibility index (Phi) is 4.79. The Morgan fingerprint density at radius 1 is 1.25 bits per heavy atom. The maximum atomic E-state index is 6.16. The molecule has 5 heteroatoms. The summed E-state index contributed by atoms with van der Waals surface area (Å²) in [5.41, 5.74) is 3.09. The predicted octanol–water partition coefficient (Wildman–Crippen LogP) is 3.89.